The third kappa shape index (κ3) is 5.50. The largest absolute Gasteiger partial charge is 0.490 e. The summed E-state index contributed by atoms with van der Waals surface area (Å²) in [4.78, 5) is 10.6. The molecule has 0 aromatic heterocycles. The molecular formula is C14H22N2O3. The Kier molecular flexibility index (Phi) is 5.03. The Morgan fingerprint density at radius 2 is 1.84 bits per heavy atom. The first-order chi connectivity index (χ1) is 8.79. The van der Waals surface area contributed by atoms with Crippen molar-refractivity contribution in [2.45, 2.75) is 33.3 Å². The van der Waals surface area contributed by atoms with Crippen LogP contribution in [-0.4, -0.2) is 18.8 Å². The zero-order valence-electron chi connectivity index (χ0n) is 11.7. The van der Waals surface area contributed by atoms with Gasteiger partial charge >= 0.3 is 6.09 Å². The number of carbonyl (C=O) groups excluding carboxylic acids is 1. The van der Waals surface area contributed by atoms with Crippen molar-refractivity contribution in [3.05, 3.63) is 24.3 Å². The first kappa shape index (κ1) is 15.1. The molecule has 1 aromatic carbocycles. The van der Waals surface area contributed by atoms with Crippen LogP contribution in [0.3, 0.4) is 0 Å². The van der Waals surface area contributed by atoms with E-state index in [4.69, 9.17) is 20.9 Å². The fraction of sp³-hybridized carbons (Fsp3) is 0.500. The van der Waals surface area contributed by atoms with Gasteiger partial charge < -0.3 is 20.9 Å². The fourth-order valence-electron chi connectivity index (χ4n) is 1.65. The Balaban J connectivity index is 2.64. The second-order valence-corrected chi connectivity index (χ2v) is 5.50. The van der Waals surface area contributed by atoms with Crippen LogP contribution in [0.2, 0.25) is 0 Å². The summed E-state index contributed by atoms with van der Waals surface area (Å²) in [5, 5.41) is 0. The molecule has 0 aliphatic heterocycles. The molecule has 0 aliphatic carbocycles. The number of primary amides is 1. The number of nitrogens with two attached hydrogens (primary N) is 2. The Morgan fingerprint density at radius 3 is 2.32 bits per heavy atom. The summed E-state index contributed by atoms with van der Waals surface area (Å²) in [7, 11) is 0. The van der Waals surface area contributed by atoms with Crippen molar-refractivity contribution in [3.8, 4) is 5.75 Å². The highest BCUT2D eigenvalue weighted by molar-refractivity contribution is 5.64. The second kappa shape index (κ2) is 6.31. The lowest BCUT2D eigenvalue weighted by atomic mass is 9.87. The number of hydrogen-bond acceptors (Lipinski definition) is 4. The zero-order chi connectivity index (χ0) is 14.5. The highest BCUT2D eigenvalue weighted by Gasteiger charge is 2.26. The van der Waals surface area contributed by atoms with Crippen LogP contribution in [-0.2, 0) is 4.74 Å². The van der Waals surface area contributed by atoms with Gasteiger partial charge in [0.05, 0.1) is 6.61 Å². The highest BCUT2D eigenvalue weighted by atomic mass is 16.5. The minimum absolute atomic E-state index is 0.0810. The molecule has 1 atom stereocenters. The summed E-state index contributed by atoms with van der Waals surface area (Å²) in [5.41, 5.74) is 11.2. The standard InChI is InChI=1S/C14H22N2O3/c1-14(2,3)12(8-9-18-13(16)17)19-11-6-4-10(15)5-7-11/h4-7,12H,8-9,15H2,1-3H3,(H2,16,17). The van der Waals surface area contributed by atoms with Crippen LogP contribution in [0.4, 0.5) is 10.5 Å². The van der Waals surface area contributed by atoms with Gasteiger partial charge in [0.15, 0.2) is 0 Å². The molecule has 4 N–H and O–H groups in total. The van der Waals surface area contributed by atoms with E-state index in [-0.39, 0.29) is 18.1 Å². The fourth-order valence-corrected chi connectivity index (χ4v) is 1.65. The molecule has 1 amide bonds. The molecule has 106 valence electrons. The minimum Gasteiger partial charge on any atom is -0.490 e. The molecule has 0 heterocycles. The van der Waals surface area contributed by atoms with Crippen molar-refractivity contribution in [2.75, 3.05) is 12.3 Å². The van der Waals surface area contributed by atoms with E-state index in [1.807, 2.05) is 12.1 Å². The molecule has 0 saturated carbocycles. The van der Waals surface area contributed by atoms with E-state index in [0.717, 1.165) is 5.75 Å². The van der Waals surface area contributed by atoms with Crippen LogP contribution in [0.5, 0.6) is 5.75 Å². The van der Waals surface area contributed by atoms with Gasteiger partial charge in [0.2, 0.25) is 0 Å². The van der Waals surface area contributed by atoms with Crippen LogP contribution in [0, 0.1) is 5.41 Å². The van der Waals surface area contributed by atoms with Crippen LogP contribution in [0.1, 0.15) is 27.2 Å². The number of benzene rings is 1. The second-order valence-electron chi connectivity index (χ2n) is 5.50. The van der Waals surface area contributed by atoms with E-state index in [0.29, 0.717) is 12.1 Å². The topological polar surface area (TPSA) is 87.6 Å². The van der Waals surface area contributed by atoms with Gasteiger partial charge in [-0.3, -0.25) is 0 Å². The molecule has 1 rings (SSSR count). The van der Waals surface area contributed by atoms with Gasteiger partial charge in [-0.05, 0) is 29.7 Å². The molecule has 0 fully saturated rings. The normalized spacial score (nSPS) is 12.8. The maximum Gasteiger partial charge on any atom is 0.404 e. The number of rotatable bonds is 5. The van der Waals surface area contributed by atoms with E-state index in [9.17, 15) is 4.79 Å². The highest BCUT2D eigenvalue weighted by Crippen LogP contribution is 2.27. The van der Waals surface area contributed by atoms with E-state index in [1.54, 1.807) is 12.1 Å². The first-order valence-electron chi connectivity index (χ1n) is 6.23. The molecule has 5 heteroatoms. The van der Waals surface area contributed by atoms with Crippen molar-refractivity contribution in [3.63, 3.8) is 0 Å². The quantitative estimate of drug-likeness (QED) is 0.802. The summed E-state index contributed by atoms with van der Waals surface area (Å²) in [6.07, 6.45) is -0.271. The number of ether oxygens (including phenoxy) is 2. The molecule has 0 aliphatic rings. The number of carbonyl (C=O) groups is 1. The number of amides is 1. The molecule has 0 bridgehead atoms. The molecule has 1 aromatic rings. The lowest BCUT2D eigenvalue weighted by Crippen LogP contribution is -2.34. The summed E-state index contributed by atoms with van der Waals surface area (Å²) in [5.74, 6) is 0.744. The van der Waals surface area contributed by atoms with Crippen molar-refractivity contribution < 1.29 is 14.3 Å². The van der Waals surface area contributed by atoms with Gasteiger partial charge in [-0.1, -0.05) is 20.8 Å². The van der Waals surface area contributed by atoms with Crippen molar-refractivity contribution in [1.29, 1.82) is 0 Å². The first-order valence-corrected chi connectivity index (χ1v) is 6.23. The van der Waals surface area contributed by atoms with Crippen molar-refractivity contribution >= 4 is 11.8 Å². The van der Waals surface area contributed by atoms with E-state index in [1.165, 1.54) is 0 Å². The lowest BCUT2D eigenvalue weighted by Gasteiger charge is -2.31. The molecular weight excluding hydrogens is 244 g/mol. The molecule has 5 nitrogen and oxygen atoms in total. The maximum atomic E-state index is 10.6. The Hall–Kier alpha value is -1.91. The van der Waals surface area contributed by atoms with Crippen LogP contribution >= 0.6 is 0 Å². The zero-order valence-corrected chi connectivity index (χ0v) is 11.7. The summed E-state index contributed by atoms with van der Waals surface area (Å²) in [6, 6.07) is 7.22. The SMILES string of the molecule is CC(C)(C)C(CCOC(N)=O)Oc1ccc(N)cc1. The third-order valence-electron chi connectivity index (χ3n) is 2.75. The Labute approximate surface area is 113 Å². The van der Waals surface area contributed by atoms with Gasteiger partial charge in [-0.2, -0.15) is 0 Å². The van der Waals surface area contributed by atoms with Crippen LogP contribution < -0.4 is 16.2 Å². The average molecular weight is 266 g/mol. The Morgan fingerprint density at radius 1 is 1.26 bits per heavy atom. The minimum atomic E-state index is -0.764. The maximum absolute atomic E-state index is 10.6. The predicted molar refractivity (Wildman–Crippen MR) is 74.9 cm³/mol. The smallest absolute Gasteiger partial charge is 0.404 e. The monoisotopic (exact) mass is 266 g/mol. The molecule has 0 radical (unpaired) electrons. The van der Waals surface area contributed by atoms with Gasteiger partial charge in [0.1, 0.15) is 11.9 Å². The Bertz CT molecular complexity index is 410. The number of nitrogen functional groups attached to an aromatic ring is 1. The van der Waals surface area contributed by atoms with E-state index >= 15 is 0 Å². The molecule has 0 saturated heterocycles. The summed E-state index contributed by atoms with van der Waals surface area (Å²) < 4.78 is 10.7. The van der Waals surface area contributed by atoms with Gasteiger partial charge in [-0.25, -0.2) is 4.79 Å². The lowest BCUT2D eigenvalue weighted by molar-refractivity contribution is 0.0560. The summed E-state index contributed by atoms with van der Waals surface area (Å²) >= 11 is 0. The number of anilines is 1. The predicted octanol–water partition coefficient (Wildman–Crippen LogP) is 2.55. The number of hydrogen-bond donors (Lipinski definition) is 2. The summed E-state index contributed by atoms with van der Waals surface area (Å²) in [6.45, 7) is 6.45. The van der Waals surface area contributed by atoms with Gasteiger partial charge in [-0.15, -0.1) is 0 Å². The molecule has 0 spiro atoms. The average Bonchev–Trinajstić information content (AvgIpc) is 2.28. The third-order valence-corrected chi connectivity index (χ3v) is 2.75. The van der Waals surface area contributed by atoms with Crippen LogP contribution in [0.25, 0.3) is 0 Å². The van der Waals surface area contributed by atoms with E-state index < -0.39 is 6.09 Å². The van der Waals surface area contributed by atoms with Crippen molar-refractivity contribution in [1.82, 2.24) is 0 Å². The van der Waals surface area contributed by atoms with Crippen LogP contribution in [0.15, 0.2) is 24.3 Å². The van der Waals surface area contributed by atoms with Gasteiger partial charge in [0.25, 0.3) is 0 Å². The van der Waals surface area contributed by atoms with Crippen molar-refractivity contribution in [2.24, 2.45) is 11.1 Å². The van der Waals surface area contributed by atoms with E-state index in [2.05, 4.69) is 20.8 Å². The molecule has 19 heavy (non-hydrogen) atoms. The molecule has 1 unspecified atom stereocenters. The van der Waals surface area contributed by atoms with Gasteiger partial charge in [0, 0.05) is 12.1 Å².